The molecule has 1 aromatic heterocycles. The number of carboxylic acids is 1. The van der Waals surface area contributed by atoms with Crippen LogP contribution >= 0.6 is 0 Å². The van der Waals surface area contributed by atoms with E-state index in [9.17, 15) is 14.7 Å². The Kier molecular flexibility index (Phi) is 4.42. The molecule has 6 nitrogen and oxygen atoms in total. The third-order valence-electron chi connectivity index (χ3n) is 3.94. The second kappa shape index (κ2) is 6.07. The van der Waals surface area contributed by atoms with Gasteiger partial charge in [0.1, 0.15) is 0 Å². The Morgan fingerprint density at radius 2 is 2.15 bits per heavy atom. The molecule has 1 aliphatic rings. The van der Waals surface area contributed by atoms with E-state index in [2.05, 4.69) is 10.4 Å². The molecule has 0 saturated heterocycles. The zero-order valence-corrected chi connectivity index (χ0v) is 11.7. The summed E-state index contributed by atoms with van der Waals surface area (Å²) in [4.78, 5) is 23.5. The number of aromatic nitrogens is 2. The molecule has 1 unspecified atom stereocenters. The summed E-state index contributed by atoms with van der Waals surface area (Å²) in [5.41, 5.74) is -0.852. The fourth-order valence-corrected chi connectivity index (χ4v) is 2.89. The summed E-state index contributed by atoms with van der Waals surface area (Å²) in [6, 6.07) is 1.75. The van der Waals surface area contributed by atoms with Crippen molar-refractivity contribution in [2.75, 3.05) is 0 Å². The number of nitrogens with one attached hydrogen (secondary N) is 1. The number of rotatable bonds is 6. The second-order valence-corrected chi connectivity index (χ2v) is 5.67. The lowest BCUT2D eigenvalue weighted by atomic mass is 9.82. The quantitative estimate of drug-likeness (QED) is 0.825. The lowest BCUT2D eigenvalue weighted by Gasteiger charge is -2.24. The maximum atomic E-state index is 12.0. The molecule has 2 rings (SSSR count). The van der Waals surface area contributed by atoms with Gasteiger partial charge in [0.2, 0.25) is 5.91 Å². The Balaban J connectivity index is 1.86. The number of hydrogen-bond acceptors (Lipinski definition) is 3. The molecule has 1 amide bonds. The summed E-state index contributed by atoms with van der Waals surface area (Å²) in [7, 11) is 0. The van der Waals surface area contributed by atoms with Gasteiger partial charge >= 0.3 is 5.97 Å². The average Bonchev–Trinajstić information content (AvgIpc) is 3.00. The van der Waals surface area contributed by atoms with Gasteiger partial charge in [0.05, 0.1) is 12.0 Å². The van der Waals surface area contributed by atoms with Crippen molar-refractivity contribution >= 4 is 11.9 Å². The number of nitrogens with zero attached hydrogens (tertiary/aromatic N) is 2. The highest BCUT2D eigenvalue weighted by Gasteiger charge is 2.43. The van der Waals surface area contributed by atoms with Crippen LogP contribution in [0.4, 0.5) is 0 Å². The van der Waals surface area contributed by atoms with Crippen LogP contribution in [0.15, 0.2) is 18.5 Å². The van der Waals surface area contributed by atoms with Gasteiger partial charge in [0, 0.05) is 24.9 Å². The fraction of sp³-hybridized carbons (Fsp3) is 0.643. The van der Waals surface area contributed by atoms with Crippen molar-refractivity contribution in [1.82, 2.24) is 15.1 Å². The van der Waals surface area contributed by atoms with Crippen molar-refractivity contribution in [2.45, 2.75) is 51.6 Å². The van der Waals surface area contributed by atoms with Crippen LogP contribution < -0.4 is 5.32 Å². The van der Waals surface area contributed by atoms with Gasteiger partial charge in [0.25, 0.3) is 0 Å². The Hall–Kier alpha value is -1.85. The number of amides is 1. The molecule has 1 heterocycles. The van der Waals surface area contributed by atoms with Crippen molar-refractivity contribution < 1.29 is 14.7 Å². The van der Waals surface area contributed by atoms with Gasteiger partial charge in [-0.1, -0.05) is 12.8 Å². The summed E-state index contributed by atoms with van der Waals surface area (Å²) in [5.74, 6) is -1.03. The van der Waals surface area contributed by atoms with Gasteiger partial charge in [-0.3, -0.25) is 14.3 Å². The number of carboxylic acid groups (broad SMARTS) is 1. The molecule has 1 atom stereocenters. The first-order valence-corrected chi connectivity index (χ1v) is 7.02. The first-order chi connectivity index (χ1) is 9.52. The average molecular weight is 279 g/mol. The van der Waals surface area contributed by atoms with E-state index in [1.54, 1.807) is 10.9 Å². The molecule has 1 aliphatic carbocycles. The van der Waals surface area contributed by atoms with Crippen molar-refractivity contribution in [3.05, 3.63) is 18.5 Å². The van der Waals surface area contributed by atoms with Gasteiger partial charge in [0.15, 0.2) is 0 Å². The molecule has 1 fully saturated rings. The number of hydrogen-bond donors (Lipinski definition) is 2. The Morgan fingerprint density at radius 3 is 2.70 bits per heavy atom. The van der Waals surface area contributed by atoms with E-state index < -0.39 is 11.4 Å². The smallest absolute Gasteiger partial charge is 0.310 e. The predicted octanol–water partition coefficient (Wildman–Crippen LogP) is 1.42. The van der Waals surface area contributed by atoms with E-state index in [-0.39, 0.29) is 18.4 Å². The molecule has 0 spiro atoms. The molecular formula is C14H21N3O3. The van der Waals surface area contributed by atoms with Crippen LogP contribution in [0.3, 0.4) is 0 Å². The highest BCUT2D eigenvalue weighted by Crippen LogP contribution is 2.41. The van der Waals surface area contributed by atoms with E-state index in [0.29, 0.717) is 19.4 Å². The summed E-state index contributed by atoms with van der Waals surface area (Å²) >= 11 is 0. The van der Waals surface area contributed by atoms with Crippen LogP contribution in [0, 0.1) is 5.41 Å². The lowest BCUT2D eigenvalue weighted by molar-refractivity contribution is -0.151. The Labute approximate surface area is 118 Å². The molecule has 2 N–H and O–H groups in total. The molecule has 1 saturated carbocycles. The molecule has 6 heteroatoms. The van der Waals surface area contributed by atoms with Crippen LogP contribution in [0.1, 0.15) is 39.0 Å². The molecular weight excluding hydrogens is 258 g/mol. The summed E-state index contributed by atoms with van der Waals surface area (Å²) < 4.78 is 1.74. The normalized spacial score (nSPS) is 18.6. The second-order valence-electron chi connectivity index (χ2n) is 5.67. The van der Waals surface area contributed by atoms with Crippen LogP contribution in [-0.4, -0.2) is 32.8 Å². The molecule has 0 aromatic carbocycles. The largest absolute Gasteiger partial charge is 0.481 e. The third-order valence-corrected chi connectivity index (χ3v) is 3.94. The topological polar surface area (TPSA) is 84.2 Å². The van der Waals surface area contributed by atoms with Gasteiger partial charge in [-0.15, -0.1) is 0 Å². The maximum Gasteiger partial charge on any atom is 0.310 e. The van der Waals surface area contributed by atoms with Crippen LogP contribution in [0.25, 0.3) is 0 Å². The minimum Gasteiger partial charge on any atom is -0.481 e. The van der Waals surface area contributed by atoms with E-state index in [0.717, 1.165) is 12.8 Å². The van der Waals surface area contributed by atoms with Crippen molar-refractivity contribution in [3.8, 4) is 0 Å². The monoisotopic (exact) mass is 279 g/mol. The fourth-order valence-electron chi connectivity index (χ4n) is 2.89. The molecule has 0 bridgehead atoms. The van der Waals surface area contributed by atoms with Gasteiger partial charge < -0.3 is 10.4 Å². The van der Waals surface area contributed by atoms with Crippen molar-refractivity contribution in [2.24, 2.45) is 5.41 Å². The third kappa shape index (κ3) is 3.37. The Morgan fingerprint density at radius 1 is 1.45 bits per heavy atom. The van der Waals surface area contributed by atoms with E-state index in [1.165, 1.54) is 0 Å². The van der Waals surface area contributed by atoms with Crippen LogP contribution in [-0.2, 0) is 16.1 Å². The molecule has 0 radical (unpaired) electrons. The Bertz CT molecular complexity index is 464. The highest BCUT2D eigenvalue weighted by atomic mass is 16.4. The van der Waals surface area contributed by atoms with Crippen LogP contribution in [0.2, 0.25) is 0 Å². The maximum absolute atomic E-state index is 12.0. The number of carbonyl (C=O) groups excluding carboxylic acids is 1. The predicted molar refractivity (Wildman–Crippen MR) is 73.0 cm³/mol. The zero-order chi connectivity index (χ0) is 14.6. The zero-order valence-electron chi connectivity index (χ0n) is 11.7. The molecule has 20 heavy (non-hydrogen) atoms. The molecule has 110 valence electrons. The minimum atomic E-state index is -0.852. The summed E-state index contributed by atoms with van der Waals surface area (Å²) in [6.45, 7) is 2.47. The standard InChI is InChI=1S/C14H21N3O3/c1-11(10-17-8-4-7-15-17)16-12(18)9-14(13(19)20)5-2-3-6-14/h4,7-8,11H,2-3,5-6,9-10H2,1H3,(H,16,18)(H,19,20). The van der Waals surface area contributed by atoms with Crippen molar-refractivity contribution in [3.63, 3.8) is 0 Å². The highest BCUT2D eigenvalue weighted by molar-refractivity contribution is 5.85. The number of carbonyl (C=O) groups is 2. The van der Waals surface area contributed by atoms with Gasteiger partial charge in [-0.2, -0.15) is 5.10 Å². The first-order valence-electron chi connectivity index (χ1n) is 7.02. The number of aliphatic carboxylic acids is 1. The van der Waals surface area contributed by atoms with Crippen LogP contribution in [0.5, 0.6) is 0 Å². The first kappa shape index (κ1) is 14.6. The SMILES string of the molecule is CC(Cn1cccn1)NC(=O)CC1(C(=O)O)CCCC1. The van der Waals surface area contributed by atoms with Crippen molar-refractivity contribution in [1.29, 1.82) is 0 Å². The summed E-state index contributed by atoms with van der Waals surface area (Å²) in [6.07, 6.45) is 6.58. The van der Waals surface area contributed by atoms with Gasteiger partial charge in [-0.25, -0.2) is 0 Å². The van der Waals surface area contributed by atoms with E-state index in [1.807, 2.05) is 19.2 Å². The minimum absolute atomic E-state index is 0.0744. The summed E-state index contributed by atoms with van der Waals surface area (Å²) in [5, 5.41) is 16.3. The molecule has 1 aromatic rings. The van der Waals surface area contributed by atoms with E-state index >= 15 is 0 Å². The van der Waals surface area contributed by atoms with Gasteiger partial charge in [-0.05, 0) is 25.8 Å². The van der Waals surface area contributed by atoms with E-state index in [4.69, 9.17) is 0 Å². The molecule has 0 aliphatic heterocycles. The lowest BCUT2D eigenvalue weighted by Crippen LogP contribution is -2.40.